The fourth-order valence-electron chi connectivity index (χ4n) is 3.40. The predicted molar refractivity (Wildman–Crippen MR) is 105 cm³/mol. The summed E-state index contributed by atoms with van der Waals surface area (Å²) in [7, 11) is -3.29. The first-order valence-corrected chi connectivity index (χ1v) is 10.4. The van der Waals surface area contributed by atoms with Crippen LogP contribution in [-0.2, 0) is 16.4 Å². The van der Waals surface area contributed by atoms with Gasteiger partial charge >= 0.3 is 0 Å². The van der Waals surface area contributed by atoms with E-state index in [9.17, 15) is 13.2 Å². The van der Waals surface area contributed by atoms with Crippen molar-refractivity contribution in [2.45, 2.75) is 33.6 Å². The Bertz CT molecular complexity index is 931. The average molecular weight is 372 g/mol. The standard InChI is InChI=1S/C20H24N2O3S/c1-4-26(24,25)22-9-5-6-16-13-17(7-8-19(16)22)20(23)21-18-11-14(2)10-15(3)12-18/h7-8,10-13H,4-6,9H2,1-3H3,(H,21,23). The Morgan fingerprint density at radius 3 is 2.46 bits per heavy atom. The fourth-order valence-corrected chi connectivity index (χ4v) is 4.60. The molecule has 0 aromatic heterocycles. The number of hydrogen-bond acceptors (Lipinski definition) is 3. The van der Waals surface area contributed by atoms with Crippen LogP contribution >= 0.6 is 0 Å². The molecule has 5 nitrogen and oxygen atoms in total. The Morgan fingerprint density at radius 1 is 1.12 bits per heavy atom. The Morgan fingerprint density at radius 2 is 1.81 bits per heavy atom. The van der Waals surface area contributed by atoms with E-state index < -0.39 is 10.0 Å². The lowest BCUT2D eigenvalue weighted by Crippen LogP contribution is -2.36. The van der Waals surface area contributed by atoms with Crippen LogP contribution < -0.4 is 9.62 Å². The summed E-state index contributed by atoms with van der Waals surface area (Å²) in [6.07, 6.45) is 1.53. The van der Waals surface area contributed by atoms with Crippen LogP contribution in [0.15, 0.2) is 36.4 Å². The topological polar surface area (TPSA) is 66.5 Å². The van der Waals surface area contributed by atoms with E-state index in [4.69, 9.17) is 0 Å². The van der Waals surface area contributed by atoms with Crippen LogP contribution in [0.1, 0.15) is 40.4 Å². The number of carbonyl (C=O) groups is 1. The second-order valence-corrected chi connectivity index (χ2v) is 8.93. The molecule has 1 N–H and O–H groups in total. The summed E-state index contributed by atoms with van der Waals surface area (Å²) in [5.41, 5.74) is 5.08. The lowest BCUT2D eigenvalue weighted by molar-refractivity contribution is 0.102. The zero-order valence-electron chi connectivity index (χ0n) is 15.4. The first-order valence-electron chi connectivity index (χ1n) is 8.83. The molecule has 3 rings (SSSR count). The van der Waals surface area contributed by atoms with E-state index in [0.29, 0.717) is 17.8 Å². The molecule has 2 aromatic carbocycles. The molecule has 0 bridgehead atoms. The van der Waals surface area contributed by atoms with E-state index in [0.717, 1.165) is 35.2 Å². The number of amides is 1. The van der Waals surface area contributed by atoms with E-state index in [1.807, 2.05) is 32.0 Å². The molecule has 0 saturated heterocycles. The van der Waals surface area contributed by atoms with Gasteiger partial charge in [0.25, 0.3) is 5.91 Å². The number of nitrogens with one attached hydrogen (secondary N) is 1. The number of fused-ring (bicyclic) bond motifs is 1. The van der Waals surface area contributed by atoms with E-state index in [-0.39, 0.29) is 11.7 Å². The van der Waals surface area contributed by atoms with Gasteiger partial charge in [-0.3, -0.25) is 9.10 Å². The van der Waals surface area contributed by atoms with Gasteiger partial charge in [0.15, 0.2) is 0 Å². The van der Waals surface area contributed by atoms with Gasteiger partial charge in [0.05, 0.1) is 11.4 Å². The van der Waals surface area contributed by atoms with Crippen LogP contribution in [0.4, 0.5) is 11.4 Å². The van der Waals surface area contributed by atoms with Gasteiger partial charge in [0, 0.05) is 17.8 Å². The summed E-state index contributed by atoms with van der Waals surface area (Å²) in [6, 6.07) is 11.2. The average Bonchev–Trinajstić information content (AvgIpc) is 2.59. The molecule has 2 aromatic rings. The van der Waals surface area contributed by atoms with Crippen LogP contribution in [0.5, 0.6) is 0 Å². The van der Waals surface area contributed by atoms with Gasteiger partial charge in [-0.05, 0) is 80.6 Å². The number of rotatable bonds is 4. The van der Waals surface area contributed by atoms with E-state index in [1.54, 1.807) is 19.1 Å². The molecule has 0 saturated carbocycles. The fraction of sp³-hybridized carbons (Fsp3) is 0.350. The van der Waals surface area contributed by atoms with Crippen molar-refractivity contribution in [3.05, 3.63) is 58.7 Å². The van der Waals surface area contributed by atoms with Crippen molar-refractivity contribution < 1.29 is 13.2 Å². The molecule has 0 aliphatic carbocycles. The minimum atomic E-state index is -3.29. The largest absolute Gasteiger partial charge is 0.322 e. The highest BCUT2D eigenvalue weighted by Crippen LogP contribution is 2.30. The number of sulfonamides is 1. The Balaban J connectivity index is 1.87. The Kier molecular flexibility index (Phi) is 5.05. The first-order chi connectivity index (χ1) is 12.3. The van der Waals surface area contributed by atoms with Crippen LogP contribution in [0.2, 0.25) is 0 Å². The highest BCUT2D eigenvalue weighted by Gasteiger charge is 2.26. The third kappa shape index (κ3) is 3.75. The summed E-state index contributed by atoms with van der Waals surface area (Å²) in [4.78, 5) is 12.6. The van der Waals surface area contributed by atoms with Gasteiger partial charge < -0.3 is 5.32 Å². The summed E-state index contributed by atoms with van der Waals surface area (Å²) in [6.45, 7) is 6.13. The number of carbonyl (C=O) groups excluding carboxylic acids is 1. The summed E-state index contributed by atoms with van der Waals surface area (Å²) in [5.74, 6) is -0.116. The minimum absolute atomic E-state index is 0.0708. The summed E-state index contributed by atoms with van der Waals surface area (Å²) >= 11 is 0. The molecule has 0 fully saturated rings. The van der Waals surface area contributed by atoms with Gasteiger partial charge in [0.2, 0.25) is 10.0 Å². The number of benzene rings is 2. The van der Waals surface area contributed by atoms with Gasteiger partial charge in [0.1, 0.15) is 0 Å². The number of anilines is 2. The predicted octanol–water partition coefficient (Wildman–Crippen LogP) is 3.66. The van der Waals surface area contributed by atoms with Crippen molar-refractivity contribution in [3.8, 4) is 0 Å². The highest BCUT2D eigenvalue weighted by molar-refractivity contribution is 7.92. The van der Waals surface area contributed by atoms with E-state index in [1.165, 1.54) is 4.31 Å². The number of aryl methyl sites for hydroxylation is 3. The van der Waals surface area contributed by atoms with Crippen molar-refractivity contribution in [1.82, 2.24) is 0 Å². The Hall–Kier alpha value is -2.34. The molecule has 0 atom stereocenters. The second kappa shape index (κ2) is 7.11. The maximum absolute atomic E-state index is 12.6. The molecule has 1 aliphatic rings. The van der Waals surface area contributed by atoms with Crippen molar-refractivity contribution in [1.29, 1.82) is 0 Å². The lowest BCUT2D eigenvalue weighted by atomic mass is 10.0. The maximum atomic E-state index is 12.6. The summed E-state index contributed by atoms with van der Waals surface area (Å²) < 4.78 is 26.0. The van der Waals surface area contributed by atoms with Crippen molar-refractivity contribution in [3.63, 3.8) is 0 Å². The molecule has 1 amide bonds. The normalized spacial score (nSPS) is 14.0. The van der Waals surface area contributed by atoms with E-state index >= 15 is 0 Å². The van der Waals surface area contributed by atoms with E-state index in [2.05, 4.69) is 11.4 Å². The monoisotopic (exact) mass is 372 g/mol. The van der Waals surface area contributed by atoms with Crippen molar-refractivity contribution in [2.24, 2.45) is 0 Å². The van der Waals surface area contributed by atoms with Crippen molar-refractivity contribution in [2.75, 3.05) is 21.9 Å². The SMILES string of the molecule is CCS(=O)(=O)N1CCCc2cc(C(=O)Nc3cc(C)cc(C)c3)ccc21. The molecule has 0 unspecified atom stereocenters. The zero-order chi connectivity index (χ0) is 18.9. The minimum Gasteiger partial charge on any atom is -0.322 e. The van der Waals surface area contributed by atoms with Crippen LogP contribution in [0.25, 0.3) is 0 Å². The Labute approximate surface area is 155 Å². The third-order valence-corrected chi connectivity index (χ3v) is 6.38. The second-order valence-electron chi connectivity index (χ2n) is 6.75. The van der Waals surface area contributed by atoms with Gasteiger partial charge in [-0.1, -0.05) is 6.07 Å². The van der Waals surface area contributed by atoms with Crippen LogP contribution in [-0.4, -0.2) is 26.6 Å². The third-order valence-electron chi connectivity index (χ3n) is 4.60. The van der Waals surface area contributed by atoms with Gasteiger partial charge in [-0.2, -0.15) is 0 Å². The quantitative estimate of drug-likeness (QED) is 0.891. The molecule has 0 radical (unpaired) electrons. The highest BCUT2D eigenvalue weighted by atomic mass is 32.2. The summed E-state index contributed by atoms with van der Waals surface area (Å²) in [5, 5.41) is 2.93. The molecule has 1 aliphatic heterocycles. The van der Waals surface area contributed by atoms with Gasteiger partial charge in [-0.25, -0.2) is 8.42 Å². The van der Waals surface area contributed by atoms with Crippen LogP contribution in [0.3, 0.4) is 0 Å². The molecule has 26 heavy (non-hydrogen) atoms. The number of hydrogen-bond donors (Lipinski definition) is 1. The van der Waals surface area contributed by atoms with Crippen LogP contribution in [0, 0.1) is 13.8 Å². The van der Waals surface area contributed by atoms with Crippen molar-refractivity contribution >= 4 is 27.3 Å². The number of nitrogens with zero attached hydrogens (tertiary/aromatic N) is 1. The maximum Gasteiger partial charge on any atom is 0.255 e. The lowest BCUT2D eigenvalue weighted by Gasteiger charge is -2.30. The molecule has 138 valence electrons. The molecular formula is C20H24N2O3S. The smallest absolute Gasteiger partial charge is 0.255 e. The molecule has 6 heteroatoms. The van der Waals surface area contributed by atoms with Gasteiger partial charge in [-0.15, -0.1) is 0 Å². The molecular weight excluding hydrogens is 348 g/mol. The first kappa shape index (κ1) is 18.5. The molecule has 1 heterocycles. The zero-order valence-corrected chi connectivity index (χ0v) is 16.2. The molecule has 0 spiro atoms.